The minimum atomic E-state index is -0.313. The van der Waals surface area contributed by atoms with Gasteiger partial charge in [0.15, 0.2) is 0 Å². The summed E-state index contributed by atoms with van der Waals surface area (Å²) < 4.78 is 15.5. The molecule has 27 heavy (non-hydrogen) atoms. The quantitative estimate of drug-likeness (QED) is 0.450. The number of nitrogens with zero attached hydrogens (tertiary/aromatic N) is 1. The molecule has 0 aliphatic rings. The summed E-state index contributed by atoms with van der Waals surface area (Å²) in [6.07, 6.45) is 2.16. The van der Waals surface area contributed by atoms with Crippen molar-refractivity contribution in [1.29, 1.82) is 0 Å². The Morgan fingerprint density at radius 1 is 0.852 bits per heavy atom. The number of nitrogens with one attached hydrogen (secondary N) is 1. The Balaban J connectivity index is 1.57. The van der Waals surface area contributed by atoms with E-state index in [4.69, 9.17) is 11.6 Å². The van der Waals surface area contributed by atoms with E-state index in [-0.39, 0.29) is 5.82 Å². The van der Waals surface area contributed by atoms with Gasteiger partial charge in [0.25, 0.3) is 0 Å². The largest absolute Gasteiger partial charge is 0.343 e. The molecule has 3 aromatic carbocycles. The minimum Gasteiger partial charge on any atom is -0.343 e. The van der Waals surface area contributed by atoms with Gasteiger partial charge < -0.3 is 9.88 Å². The second-order valence-corrected chi connectivity index (χ2v) is 7.03. The molecule has 1 N–H and O–H groups in total. The highest BCUT2D eigenvalue weighted by Gasteiger charge is 2.10. The Morgan fingerprint density at radius 3 is 2.44 bits per heavy atom. The van der Waals surface area contributed by atoms with Gasteiger partial charge in [0.1, 0.15) is 5.82 Å². The van der Waals surface area contributed by atoms with E-state index < -0.39 is 0 Å². The van der Waals surface area contributed by atoms with Crippen LogP contribution >= 0.6 is 11.6 Å². The molecule has 0 fully saturated rings. The predicted octanol–water partition coefficient (Wildman–Crippen LogP) is 5.77. The smallest absolute Gasteiger partial charge is 0.124 e. The molecule has 0 saturated carbocycles. The maximum Gasteiger partial charge on any atom is 0.124 e. The Bertz CT molecular complexity index is 1060. The van der Waals surface area contributed by atoms with Crippen molar-refractivity contribution in [3.63, 3.8) is 0 Å². The Morgan fingerprint density at radius 2 is 1.63 bits per heavy atom. The van der Waals surface area contributed by atoms with Crippen LogP contribution in [-0.4, -0.2) is 4.57 Å². The second-order valence-electron chi connectivity index (χ2n) is 6.62. The number of halogens is 2. The van der Waals surface area contributed by atoms with Gasteiger partial charge >= 0.3 is 0 Å². The second kappa shape index (κ2) is 7.95. The van der Waals surface area contributed by atoms with Crippen molar-refractivity contribution in [3.8, 4) is 0 Å². The van der Waals surface area contributed by atoms with Crippen molar-refractivity contribution in [1.82, 2.24) is 9.88 Å². The van der Waals surface area contributed by atoms with Crippen molar-refractivity contribution in [3.05, 3.63) is 107 Å². The zero-order valence-electron chi connectivity index (χ0n) is 14.8. The fourth-order valence-corrected chi connectivity index (χ4v) is 3.59. The van der Waals surface area contributed by atoms with E-state index in [9.17, 15) is 4.39 Å². The van der Waals surface area contributed by atoms with Gasteiger partial charge in [-0.3, -0.25) is 0 Å². The molecule has 4 rings (SSSR count). The third-order valence-electron chi connectivity index (χ3n) is 4.71. The van der Waals surface area contributed by atoms with Gasteiger partial charge in [-0.1, -0.05) is 66.2 Å². The lowest BCUT2D eigenvalue weighted by Crippen LogP contribution is -2.12. The Hall–Kier alpha value is -2.62. The van der Waals surface area contributed by atoms with Crippen molar-refractivity contribution >= 4 is 22.5 Å². The molecular weight excluding hydrogens is 359 g/mol. The molecule has 0 saturated heterocycles. The van der Waals surface area contributed by atoms with Crippen molar-refractivity contribution in [2.24, 2.45) is 0 Å². The molecule has 1 heterocycles. The van der Waals surface area contributed by atoms with E-state index in [1.807, 2.05) is 12.1 Å². The molecule has 0 unspecified atom stereocenters. The molecule has 4 heteroatoms. The summed E-state index contributed by atoms with van der Waals surface area (Å²) in [7, 11) is 0. The summed E-state index contributed by atoms with van der Waals surface area (Å²) in [4.78, 5) is 0. The minimum absolute atomic E-state index is 0.313. The lowest BCUT2D eigenvalue weighted by Gasteiger charge is -2.07. The van der Waals surface area contributed by atoms with Gasteiger partial charge in [-0.25, -0.2) is 4.39 Å². The average molecular weight is 379 g/mol. The maximum atomic E-state index is 13.3. The first kappa shape index (κ1) is 17.8. The number of aromatic nitrogens is 1. The van der Waals surface area contributed by atoms with Crippen molar-refractivity contribution < 1.29 is 4.39 Å². The first-order valence-corrected chi connectivity index (χ1v) is 9.34. The molecule has 2 nitrogen and oxygen atoms in total. The van der Waals surface area contributed by atoms with E-state index >= 15 is 0 Å². The SMILES string of the molecule is Fc1ccc(Cn2cc(CNCc3ccccc3)c3ccccc32)c(Cl)c1. The normalized spacial score (nSPS) is 11.2. The van der Waals surface area contributed by atoms with Crippen molar-refractivity contribution in [2.75, 3.05) is 0 Å². The summed E-state index contributed by atoms with van der Waals surface area (Å²) >= 11 is 6.22. The van der Waals surface area contributed by atoms with Gasteiger partial charge in [0.05, 0.1) is 0 Å². The number of para-hydroxylation sites is 1. The van der Waals surface area contributed by atoms with Crippen LogP contribution < -0.4 is 5.32 Å². The van der Waals surface area contributed by atoms with Gasteiger partial charge in [-0.15, -0.1) is 0 Å². The number of fused-ring (bicyclic) bond motifs is 1. The molecule has 136 valence electrons. The molecular formula is C23H20ClFN2. The standard InChI is InChI=1S/C23H20ClFN2/c24-22-12-20(25)11-10-18(22)15-27-16-19(21-8-4-5-9-23(21)27)14-26-13-17-6-2-1-3-7-17/h1-12,16,26H,13-15H2. The van der Waals surface area contributed by atoms with Crippen LogP contribution in [0.1, 0.15) is 16.7 Å². The highest BCUT2D eigenvalue weighted by Crippen LogP contribution is 2.25. The van der Waals surface area contributed by atoms with Crippen LogP contribution in [0.2, 0.25) is 5.02 Å². The third-order valence-corrected chi connectivity index (χ3v) is 5.07. The summed E-state index contributed by atoms with van der Waals surface area (Å²) in [6.45, 7) is 2.21. The zero-order chi connectivity index (χ0) is 18.6. The van der Waals surface area contributed by atoms with Crippen LogP contribution in [0.3, 0.4) is 0 Å². The summed E-state index contributed by atoms with van der Waals surface area (Å²) in [5.74, 6) is -0.313. The molecule has 0 radical (unpaired) electrons. The zero-order valence-corrected chi connectivity index (χ0v) is 15.6. The van der Waals surface area contributed by atoms with E-state index in [1.165, 1.54) is 28.6 Å². The van der Waals surface area contributed by atoms with Crippen LogP contribution in [0.15, 0.2) is 79.0 Å². The van der Waals surface area contributed by atoms with Crippen LogP contribution in [0.5, 0.6) is 0 Å². The van der Waals surface area contributed by atoms with Crippen LogP contribution in [0, 0.1) is 5.82 Å². The highest BCUT2D eigenvalue weighted by molar-refractivity contribution is 6.31. The average Bonchev–Trinajstić information content (AvgIpc) is 3.03. The molecule has 0 aliphatic carbocycles. The molecule has 4 aromatic rings. The van der Waals surface area contributed by atoms with Gasteiger partial charge in [0.2, 0.25) is 0 Å². The number of hydrogen-bond acceptors (Lipinski definition) is 1. The number of rotatable bonds is 6. The first-order valence-electron chi connectivity index (χ1n) is 8.96. The van der Waals surface area contributed by atoms with Crippen LogP contribution in [-0.2, 0) is 19.6 Å². The Labute approximate surface area is 163 Å². The third kappa shape index (κ3) is 4.05. The van der Waals surface area contributed by atoms with E-state index in [2.05, 4.69) is 58.5 Å². The first-order chi connectivity index (χ1) is 13.2. The van der Waals surface area contributed by atoms with E-state index in [0.717, 1.165) is 24.2 Å². The molecule has 1 aromatic heterocycles. The molecule has 0 atom stereocenters. The monoisotopic (exact) mass is 378 g/mol. The summed E-state index contributed by atoms with van der Waals surface area (Å²) in [5, 5.41) is 5.19. The summed E-state index contributed by atoms with van der Waals surface area (Å²) in [6, 6.07) is 23.3. The van der Waals surface area contributed by atoms with Crippen LogP contribution in [0.25, 0.3) is 10.9 Å². The van der Waals surface area contributed by atoms with Gasteiger partial charge in [0, 0.05) is 41.8 Å². The lowest BCUT2D eigenvalue weighted by molar-refractivity contribution is 0.626. The molecule has 0 amide bonds. The Kier molecular flexibility index (Phi) is 5.23. The molecule has 0 bridgehead atoms. The topological polar surface area (TPSA) is 17.0 Å². The van der Waals surface area contributed by atoms with Gasteiger partial charge in [-0.2, -0.15) is 0 Å². The van der Waals surface area contributed by atoms with Crippen molar-refractivity contribution in [2.45, 2.75) is 19.6 Å². The fourth-order valence-electron chi connectivity index (χ4n) is 3.37. The highest BCUT2D eigenvalue weighted by atomic mass is 35.5. The molecule has 0 spiro atoms. The number of hydrogen-bond donors (Lipinski definition) is 1. The fraction of sp³-hybridized carbons (Fsp3) is 0.130. The van der Waals surface area contributed by atoms with E-state index in [0.29, 0.717) is 11.6 Å². The lowest BCUT2D eigenvalue weighted by atomic mass is 10.1. The van der Waals surface area contributed by atoms with E-state index in [1.54, 1.807) is 6.07 Å². The maximum absolute atomic E-state index is 13.3. The number of benzene rings is 3. The van der Waals surface area contributed by atoms with Gasteiger partial charge in [-0.05, 0) is 34.9 Å². The predicted molar refractivity (Wildman–Crippen MR) is 109 cm³/mol. The summed E-state index contributed by atoms with van der Waals surface area (Å²) in [5.41, 5.74) is 4.55. The molecule has 0 aliphatic heterocycles. The van der Waals surface area contributed by atoms with Crippen LogP contribution in [0.4, 0.5) is 4.39 Å².